The Hall–Kier alpha value is -0.670. The van der Waals surface area contributed by atoms with Crippen LogP contribution in [0.3, 0.4) is 0 Å². The first-order valence-corrected chi connectivity index (χ1v) is 15.2. The van der Waals surface area contributed by atoms with Gasteiger partial charge in [0.1, 0.15) is 0 Å². The van der Waals surface area contributed by atoms with Gasteiger partial charge in [-0.3, -0.25) is 4.99 Å². The second-order valence-electron chi connectivity index (χ2n) is 14.2. The van der Waals surface area contributed by atoms with Crippen molar-refractivity contribution in [3.63, 3.8) is 0 Å². The highest BCUT2D eigenvalue weighted by Crippen LogP contribution is 2.59. The summed E-state index contributed by atoms with van der Waals surface area (Å²) in [7, 11) is 0. The molecule has 3 bridgehead atoms. The van der Waals surface area contributed by atoms with Crippen molar-refractivity contribution in [3.8, 4) is 0 Å². The maximum Gasteiger partial charge on any atom is 0.169 e. The summed E-state index contributed by atoms with van der Waals surface area (Å²) in [6.45, 7) is 20.3. The Morgan fingerprint density at radius 1 is 0.829 bits per heavy atom. The molecule has 1 unspecified atom stereocenters. The van der Waals surface area contributed by atoms with Gasteiger partial charge in [0.05, 0.1) is 12.2 Å². The van der Waals surface area contributed by atoms with Gasteiger partial charge < -0.3 is 9.47 Å². The molecule has 4 heterocycles. The lowest BCUT2D eigenvalue weighted by atomic mass is 9.55. The summed E-state index contributed by atoms with van der Waals surface area (Å²) >= 11 is 0. The Kier molecular flexibility index (Phi) is 7.10. The van der Waals surface area contributed by atoms with E-state index in [1.165, 1.54) is 32.1 Å². The predicted molar refractivity (Wildman–Crippen MR) is 146 cm³/mol. The Morgan fingerprint density at radius 2 is 1.54 bits per heavy atom. The average molecular weight is 484 g/mol. The monoisotopic (exact) mass is 483 g/mol. The summed E-state index contributed by atoms with van der Waals surface area (Å²) in [4.78, 5) is 5.38. The molecule has 5 aliphatic rings. The van der Waals surface area contributed by atoms with E-state index in [0.717, 1.165) is 25.8 Å². The van der Waals surface area contributed by atoms with Gasteiger partial charge in [0.2, 0.25) is 0 Å². The van der Waals surface area contributed by atoms with Gasteiger partial charge in [-0.15, -0.1) is 0 Å². The van der Waals surface area contributed by atoms with Gasteiger partial charge in [0.15, 0.2) is 5.79 Å². The third kappa shape index (κ3) is 4.39. The molecule has 0 aromatic carbocycles. The summed E-state index contributed by atoms with van der Waals surface area (Å²) in [5, 5.41) is 0. The minimum absolute atomic E-state index is 0.191. The zero-order chi connectivity index (χ0) is 25.1. The van der Waals surface area contributed by atoms with Crippen LogP contribution in [0.15, 0.2) is 16.6 Å². The van der Waals surface area contributed by atoms with E-state index in [2.05, 4.69) is 61.5 Å². The van der Waals surface area contributed by atoms with Crippen LogP contribution in [0.4, 0.5) is 0 Å². The molecule has 5 rings (SSSR count). The van der Waals surface area contributed by atoms with Crippen molar-refractivity contribution in [1.82, 2.24) is 0 Å². The fourth-order valence-electron chi connectivity index (χ4n) is 8.85. The lowest BCUT2D eigenvalue weighted by molar-refractivity contribution is -0.282. The molecule has 3 nitrogen and oxygen atoms in total. The zero-order valence-corrected chi connectivity index (χ0v) is 24.0. The van der Waals surface area contributed by atoms with E-state index in [9.17, 15) is 0 Å². The Labute approximate surface area is 215 Å². The second kappa shape index (κ2) is 9.57. The van der Waals surface area contributed by atoms with E-state index in [-0.39, 0.29) is 11.5 Å². The largest absolute Gasteiger partial charge is 0.346 e. The Bertz CT molecular complexity index is 841. The molecule has 3 saturated heterocycles. The first-order valence-electron chi connectivity index (χ1n) is 15.2. The Balaban J connectivity index is 1.69. The van der Waals surface area contributed by atoms with Gasteiger partial charge in [-0.05, 0) is 74.0 Å². The maximum absolute atomic E-state index is 7.55. The SMILES string of the molecule is CC(C)C1=C[C@@H]2[C@@H]3O[C@]4(CC[C@H](O4)[C@@H](C(C)C)CCC3C(C)C)C[C@H](C(C)C)C3=NCC[C@@]32CC1. The molecular weight excluding hydrogens is 430 g/mol. The number of allylic oxidation sites excluding steroid dienone is 1. The van der Waals surface area contributed by atoms with Crippen LogP contribution in [0.1, 0.15) is 107 Å². The highest BCUT2D eigenvalue weighted by Gasteiger charge is 2.60. The first-order chi connectivity index (χ1) is 16.6. The van der Waals surface area contributed by atoms with Gasteiger partial charge in [0, 0.05) is 42.3 Å². The van der Waals surface area contributed by atoms with E-state index in [1.54, 1.807) is 11.3 Å². The molecule has 1 aliphatic carbocycles. The molecule has 8 atom stereocenters. The normalized spacial score (nSPS) is 43.8. The van der Waals surface area contributed by atoms with Crippen LogP contribution >= 0.6 is 0 Å². The topological polar surface area (TPSA) is 30.8 Å². The highest BCUT2D eigenvalue weighted by atomic mass is 16.7. The van der Waals surface area contributed by atoms with Gasteiger partial charge in [-0.1, -0.05) is 67.0 Å². The molecule has 198 valence electrons. The maximum atomic E-state index is 7.55. The minimum Gasteiger partial charge on any atom is -0.346 e. The van der Waals surface area contributed by atoms with Crippen molar-refractivity contribution in [2.45, 2.75) is 125 Å². The van der Waals surface area contributed by atoms with Gasteiger partial charge in [-0.25, -0.2) is 0 Å². The van der Waals surface area contributed by atoms with Crippen molar-refractivity contribution in [1.29, 1.82) is 0 Å². The van der Waals surface area contributed by atoms with Crippen LogP contribution in [-0.2, 0) is 9.47 Å². The van der Waals surface area contributed by atoms with Crippen molar-refractivity contribution in [2.24, 2.45) is 57.8 Å². The number of rotatable bonds is 4. The number of aliphatic imine (C=N–C) groups is 1. The van der Waals surface area contributed by atoms with Crippen LogP contribution in [0.2, 0.25) is 0 Å². The molecule has 0 radical (unpaired) electrons. The molecule has 2 spiro atoms. The summed E-state index contributed by atoms with van der Waals surface area (Å²) in [6, 6.07) is 0. The van der Waals surface area contributed by atoms with Crippen LogP contribution in [-0.4, -0.2) is 30.3 Å². The van der Waals surface area contributed by atoms with Crippen LogP contribution in [0.5, 0.6) is 0 Å². The molecule has 4 aliphatic heterocycles. The van der Waals surface area contributed by atoms with Crippen molar-refractivity contribution < 1.29 is 9.47 Å². The predicted octanol–water partition coefficient (Wildman–Crippen LogP) is 8.08. The average Bonchev–Trinajstić information content (AvgIpc) is 3.39. The van der Waals surface area contributed by atoms with Crippen molar-refractivity contribution in [3.05, 3.63) is 11.6 Å². The number of hydrogen-bond donors (Lipinski definition) is 0. The third-order valence-electron chi connectivity index (χ3n) is 11.0. The molecular formula is C32H53NO2. The van der Waals surface area contributed by atoms with Crippen molar-refractivity contribution in [2.75, 3.05) is 6.54 Å². The first kappa shape index (κ1) is 26.0. The fourth-order valence-corrected chi connectivity index (χ4v) is 8.85. The van der Waals surface area contributed by atoms with Crippen molar-refractivity contribution >= 4 is 5.71 Å². The summed E-state index contributed by atoms with van der Waals surface area (Å²) in [5.74, 6) is 4.10. The van der Waals surface area contributed by atoms with E-state index in [0.29, 0.717) is 53.4 Å². The van der Waals surface area contributed by atoms with E-state index in [1.807, 2.05) is 0 Å². The van der Waals surface area contributed by atoms with Crippen LogP contribution in [0, 0.1) is 52.8 Å². The summed E-state index contributed by atoms with van der Waals surface area (Å²) < 4.78 is 14.7. The van der Waals surface area contributed by atoms with Crippen LogP contribution in [0.25, 0.3) is 0 Å². The lowest BCUT2D eigenvalue weighted by Gasteiger charge is -2.54. The molecule has 3 heteroatoms. The molecule has 0 N–H and O–H groups in total. The minimum atomic E-state index is -0.435. The van der Waals surface area contributed by atoms with E-state index < -0.39 is 5.79 Å². The standard InChI is InChI=1S/C32H53NO2/c1-19(2)23-11-13-31-15-16-33-30(31)26(22(7)8)18-32-14-12-28(34-32)24(20(3)4)9-10-25(21(5)6)29(35-32)27(31)17-23/h17,19-22,24-29H,9-16,18H2,1-8H3/t24-,25?,26-,27-,28+,29-,31-,32-/m1/s1. The molecule has 3 fully saturated rings. The number of hydrogen-bond acceptors (Lipinski definition) is 3. The number of nitrogens with zero attached hydrogens (tertiary/aromatic N) is 1. The highest BCUT2D eigenvalue weighted by molar-refractivity contribution is 5.95. The quantitative estimate of drug-likeness (QED) is 0.378. The van der Waals surface area contributed by atoms with Gasteiger partial charge >= 0.3 is 0 Å². The number of fused-ring (bicyclic) bond motifs is 3. The molecule has 35 heavy (non-hydrogen) atoms. The molecule has 0 aromatic rings. The van der Waals surface area contributed by atoms with Crippen LogP contribution < -0.4 is 0 Å². The van der Waals surface area contributed by atoms with Gasteiger partial charge in [-0.2, -0.15) is 0 Å². The fraction of sp³-hybridized carbons (Fsp3) is 0.906. The van der Waals surface area contributed by atoms with Gasteiger partial charge in [0.25, 0.3) is 0 Å². The molecule has 0 aromatic heterocycles. The van der Waals surface area contributed by atoms with E-state index in [4.69, 9.17) is 14.5 Å². The second-order valence-corrected chi connectivity index (χ2v) is 14.2. The lowest BCUT2D eigenvalue weighted by Crippen LogP contribution is -2.56. The van der Waals surface area contributed by atoms with E-state index >= 15 is 0 Å². The third-order valence-corrected chi connectivity index (χ3v) is 11.0. The summed E-state index contributed by atoms with van der Waals surface area (Å²) in [5.41, 5.74) is 3.40. The molecule has 0 saturated carbocycles. The number of ether oxygens (including phenoxy) is 2. The summed E-state index contributed by atoms with van der Waals surface area (Å²) in [6.07, 6.45) is 12.7. The zero-order valence-electron chi connectivity index (χ0n) is 24.0. The molecule has 0 amide bonds. The Morgan fingerprint density at radius 3 is 2.20 bits per heavy atom. The smallest absolute Gasteiger partial charge is 0.169 e.